The number of benzene rings is 1. The third-order valence-electron chi connectivity index (χ3n) is 3.70. The number of rotatable bonds is 7. The summed E-state index contributed by atoms with van der Waals surface area (Å²) >= 11 is 0. The van der Waals surface area contributed by atoms with Crippen molar-refractivity contribution in [1.29, 1.82) is 0 Å². The maximum atomic E-state index is 11.7. The summed E-state index contributed by atoms with van der Waals surface area (Å²) in [6.45, 7) is 3.20. The molecule has 136 valence electrons. The minimum atomic E-state index is -0.595. The van der Waals surface area contributed by atoms with E-state index in [1.54, 1.807) is 0 Å². The van der Waals surface area contributed by atoms with Crippen LogP contribution in [-0.4, -0.2) is 47.7 Å². The molecule has 0 bridgehead atoms. The number of carbonyl (C=O) groups is 2. The minimum absolute atomic E-state index is 0.0132. The Labute approximate surface area is 145 Å². The lowest BCUT2D eigenvalue weighted by atomic mass is 10.1. The predicted octanol–water partition coefficient (Wildman–Crippen LogP) is 2.44. The first-order valence-electron chi connectivity index (χ1n) is 8.08. The van der Waals surface area contributed by atoms with Gasteiger partial charge in [-0.3, -0.25) is 10.1 Å². The molecule has 0 spiro atoms. The fourth-order valence-corrected chi connectivity index (χ4v) is 2.19. The number of hydrogen-bond donors (Lipinski definition) is 1. The second-order valence-electron chi connectivity index (χ2n) is 5.71. The monoisotopic (exact) mass is 351 g/mol. The molecule has 1 fully saturated rings. The molecule has 0 saturated carbocycles. The lowest BCUT2D eigenvalue weighted by Gasteiger charge is -2.38. The van der Waals surface area contributed by atoms with Gasteiger partial charge in [0.1, 0.15) is 6.61 Å². The normalized spacial score (nSPS) is 13.7. The number of non-ortho nitro benzene ring substituents is 1. The smallest absolute Gasteiger partial charge is 0.409 e. The number of nitro benzene ring substituents is 1. The maximum Gasteiger partial charge on any atom is 0.409 e. The van der Waals surface area contributed by atoms with E-state index in [1.165, 1.54) is 29.2 Å². The zero-order chi connectivity index (χ0) is 18.2. The van der Waals surface area contributed by atoms with Crippen LogP contribution in [0.25, 0.3) is 0 Å². The van der Waals surface area contributed by atoms with Crippen LogP contribution in [0.1, 0.15) is 25.3 Å². The van der Waals surface area contributed by atoms with Crippen LogP contribution in [0.3, 0.4) is 0 Å². The van der Waals surface area contributed by atoms with Crippen molar-refractivity contribution < 1.29 is 24.0 Å². The number of nitro groups is 1. The Morgan fingerprint density at radius 2 is 1.96 bits per heavy atom. The summed E-state index contributed by atoms with van der Waals surface area (Å²) in [7, 11) is 0. The molecule has 9 heteroatoms. The molecule has 1 saturated heterocycles. The highest BCUT2D eigenvalue weighted by atomic mass is 16.6. The maximum absolute atomic E-state index is 11.7. The fraction of sp³-hybridized carbons (Fsp3) is 0.500. The molecule has 9 nitrogen and oxygen atoms in total. The van der Waals surface area contributed by atoms with Crippen LogP contribution in [0.5, 0.6) is 0 Å². The highest BCUT2D eigenvalue weighted by Crippen LogP contribution is 2.13. The summed E-state index contributed by atoms with van der Waals surface area (Å²) in [5, 5.41) is 13.2. The summed E-state index contributed by atoms with van der Waals surface area (Å²) in [5.74, 6) is 0. The van der Waals surface area contributed by atoms with E-state index in [9.17, 15) is 19.7 Å². The summed E-state index contributed by atoms with van der Waals surface area (Å²) in [6.07, 6.45) is 0.821. The van der Waals surface area contributed by atoms with E-state index in [4.69, 9.17) is 9.47 Å². The molecule has 0 aliphatic carbocycles. The lowest BCUT2D eigenvalue weighted by Crippen LogP contribution is -2.61. The van der Waals surface area contributed by atoms with Crippen LogP contribution in [-0.2, 0) is 16.1 Å². The van der Waals surface area contributed by atoms with Crippen molar-refractivity contribution in [2.45, 2.75) is 32.4 Å². The van der Waals surface area contributed by atoms with Gasteiger partial charge in [0.05, 0.1) is 17.6 Å². The van der Waals surface area contributed by atoms with Gasteiger partial charge < -0.3 is 19.7 Å². The van der Waals surface area contributed by atoms with Crippen LogP contribution in [0.2, 0.25) is 0 Å². The molecule has 1 aliphatic rings. The van der Waals surface area contributed by atoms with Gasteiger partial charge in [-0.1, -0.05) is 13.3 Å². The number of nitrogens with zero attached hydrogens (tertiary/aromatic N) is 2. The van der Waals surface area contributed by atoms with Crippen molar-refractivity contribution in [3.63, 3.8) is 0 Å². The van der Waals surface area contributed by atoms with Gasteiger partial charge in [-0.05, 0) is 24.1 Å². The summed E-state index contributed by atoms with van der Waals surface area (Å²) in [4.78, 5) is 34.9. The third-order valence-corrected chi connectivity index (χ3v) is 3.70. The van der Waals surface area contributed by atoms with Crippen molar-refractivity contribution in [2.24, 2.45) is 0 Å². The van der Waals surface area contributed by atoms with E-state index in [0.29, 0.717) is 25.3 Å². The molecule has 0 atom stereocenters. The Morgan fingerprint density at radius 3 is 2.56 bits per heavy atom. The Morgan fingerprint density at radius 1 is 1.28 bits per heavy atom. The molecule has 25 heavy (non-hydrogen) atoms. The topological polar surface area (TPSA) is 111 Å². The number of nitrogens with one attached hydrogen (secondary N) is 1. The lowest BCUT2D eigenvalue weighted by molar-refractivity contribution is -0.384. The van der Waals surface area contributed by atoms with Crippen molar-refractivity contribution in [2.75, 3.05) is 19.7 Å². The Balaban J connectivity index is 1.63. The molecular weight excluding hydrogens is 330 g/mol. The molecule has 1 heterocycles. The van der Waals surface area contributed by atoms with E-state index in [0.717, 1.165) is 12.8 Å². The number of alkyl carbamates (subject to hydrolysis) is 1. The first-order chi connectivity index (χ1) is 12.0. The second kappa shape index (κ2) is 8.86. The van der Waals surface area contributed by atoms with Crippen LogP contribution in [0.15, 0.2) is 24.3 Å². The highest BCUT2D eigenvalue weighted by molar-refractivity contribution is 5.71. The fourth-order valence-electron chi connectivity index (χ4n) is 2.19. The van der Waals surface area contributed by atoms with Gasteiger partial charge in [0, 0.05) is 25.2 Å². The molecule has 2 amide bonds. The zero-order valence-corrected chi connectivity index (χ0v) is 14.0. The number of amides is 2. The zero-order valence-electron chi connectivity index (χ0n) is 14.0. The number of likely N-dealkylation sites (tertiary alicyclic amines) is 1. The van der Waals surface area contributed by atoms with Crippen LogP contribution < -0.4 is 5.32 Å². The van der Waals surface area contributed by atoms with E-state index in [1.807, 2.05) is 6.92 Å². The van der Waals surface area contributed by atoms with Crippen molar-refractivity contribution >= 4 is 17.9 Å². The van der Waals surface area contributed by atoms with Gasteiger partial charge in [-0.2, -0.15) is 0 Å². The van der Waals surface area contributed by atoms with E-state index in [2.05, 4.69) is 5.32 Å². The Hall–Kier alpha value is -2.84. The molecule has 1 aromatic carbocycles. The Bertz CT molecular complexity index is 613. The van der Waals surface area contributed by atoms with Crippen LogP contribution in [0, 0.1) is 10.1 Å². The molecule has 0 aromatic heterocycles. The van der Waals surface area contributed by atoms with Gasteiger partial charge >= 0.3 is 12.2 Å². The van der Waals surface area contributed by atoms with Gasteiger partial charge in [0.2, 0.25) is 0 Å². The van der Waals surface area contributed by atoms with E-state index in [-0.39, 0.29) is 24.4 Å². The molecular formula is C16H21N3O6. The van der Waals surface area contributed by atoms with Crippen LogP contribution in [0.4, 0.5) is 15.3 Å². The summed E-state index contributed by atoms with van der Waals surface area (Å²) in [5.41, 5.74) is 0.629. The van der Waals surface area contributed by atoms with Gasteiger partial charge in [0.15, 0.2) is 0 Å². The molecule has 1 aliphatic heterocycles. The van der Waals surface area contributed by atoms with E-state index < -0.39 is 11.0 Å². The van der Waals surface area contributed by atoms with Gasteiger partial charge in [0.25, 0.3) is 5.69 Å². The molecule has 1 N–H and O–H groups in total. The Kier molecular flexibility index (Phi) is 6.55. The number of hydrogen-bond acceptors (Lipinski definition) is 6. The highest BCUT2D eigenvalue weighted by Gasteiger charge is 2.33. The molecule has 1 aromatic rings. The standard InChI is InChI=1S/C16H21N3O6/c1-2-3-8-24-16(21)18-9-13(10-18)17-15(20)25-11-12-4-6-14(7-5-12)19(22)23/h4-7,13H,2-3,8-11H2,1H3,(H,17,20). The van der Waals surface area contributed by atoms with E-state index >= 15 is 0 Å². The first-order valence-corrected chi connectivity index (χ1v) is 8.08. The quantitative estimate of drug-likeness (QED) is 0.459. The average molecular weight is 351 g/mol. The van der Waals surface area contributed by atoms with Crippen LogP contribution >= 0.6 is 0 Å². The summed E-state index contributed by atoms with van der Waals surface area (Å²) < 4.78 is 10.1. The SMILES string of the molecule is CCCCOC(=O)N1CC(NC(=O)OCc2ccc([N+](=O)[O-])cc2)C1. The second-order valence-corrected chi connectivity index (χ2v) is 5.71. The number of carbonyl (C=O) groups excluding carboxylic acids is 2. The predicted molar refractivity (Wildman–Crippen MR) is 88.0 cm³/mol. The van der Waals surface area contributed by atoms with Crippen molar-refractivity contribution in [3.8, 4) is 0 Å². The first kappa shape index (κ1) is 18.5. The largest absolute Gasteiger partial charge is 0.449 e. The van der Waals surface area contributed by atoms with Crippen molar-refractivity contribution in [1.82, 2.24) is 10.2 Å². The molecule has 2 rings (SSSR count). The van der Waals surface area contributed by atoms with Crippen molar-refractivity contribution in [3.05, 3.63) is 39.9 Å². The van der Waals surface area contributed by atoms with Gasteiger partial charge in [-0.25, -0.2) is 9.59 Å². The summed E-state index contributed by atoms with van der Waals surface area (Å²) in [6, 6.07) is 5.60. The average Bonchev–Trinajstić information content (AvgIpc) is 2.56. The third kappa shape index (κ3) is 5.63. The minimum Gasteiger partial charge on any atom is -0.449 e. The van der Waals surface area contributed by atoms with Gasteiger partial charge in [-0.15, -0.1) is 0 Å². The number of ether oxygens (including phenoxy) is 2. The molecule has 0 radical (unpaired) electrons. The number of unbranched alkanes of at least 4 members (excludes halogenated alkanes) is 1. The molecule has 0 unspecified atom stereocenters.